The quantitative estimate of drug-likeness (QED) is 0.150. The van der Waals surface area contributed by atoms with Crippen LogP contribution in [0.4, 0.5) is 0 Å². The summed E-state index contributed by atoms with van der Waals surface area (Å²) in [4.78, 5) is 18.2. The van der Waals surface area contributed by atoms with Gasteiger partial charge in [-0.1, -0.05) is 265 Å². The van der Waals surface area contributed by atoms with Gasteiger partial charge in [0.2, 0.25) is 0 Å². The summed E-state index contributed by atoms with van der Waals surface area (Å²) in [6.45, 7) is 2.00. The van der Waals surface area contributed by atoms with E-state index in [9.17, 15) is 0 Å². The van der Waals surface area contributed by atoms with Gasteiger partial charge in [0.15, 0.2) is 0 Å². The third-order valence-corrected chi connectivity index (χ3v) is 20.7. The number of carbonyl (C=O) groups is 1. The molecule has 4 heterocycles. The molecule has 4 aliphatic rings. The first kappa shape index (κ1) is 53.3. The molecular formula is C77H54O3S4. The molecule has 0 bridgehead atoms. The number of fused-ring (bicyclic) bond motifs is 8. The molecule has 12 aromatic rings. The highest BCUT2D eigenvalue weighted by Crippen LogP contribution is 2.58. The number of ether oxygens (including phenoxy) is 2. The predicted octanol–water partition coefficient (Wildman–Crippen LogP) is 21.4. The number of hydrogen-bond acceptors (Lipinski definition) is 7. The lowest BCUT2D eigenvalue weighted by Crippen LogP contribution is -2.13. The summed E-state index contributed by atoms with van der Waals surface area (Å²) in [5, 5.41) is 0. The van der Waals surface area contributed by atoms with Gasteiger partial charge in [0.05, 0.1) is 0 Å². The molecule has 0 spiro atoms. The highest BCUT2D eigenvalue weighted by Gasteiger charge is 2.36. The van der Waals surface area contributed by atoms with Crippen LogP contribution in [-0.2, 0) is 4.79 Å². The summed E-state index contributed by atoms with van der Waals surface area (Å²) in [5.41, 5.74) is 15.4. The van der Waals surface area contributed by atoms with Gasteiger partial charge in [0.25, 0.3) is 0 Å². The van der Waals surface area contributed by atoms with Gasteiger partial charge >= 0.3 is 0 Å². The van der Waals surface area contributed by atoms with Crippen molar-refractivity contribution in [3.05, 3.63) is 358 Å². The zero-order valence-electron chi connectivity index (χ0n) is 45.6. The van der Waals surface area contributed by atoms with Crippen LogP contribution < -0.4 is 9.47 Å². The second-order valence-electron chi connectivity index (χ2n) is 20.8. The zero-order chi connectivity index (χ0) is 56.3. The molecule has 0 fully saturated rings. The van der Waals surface area contributed by atoms with Gasteiger partial charge in [-0.25, -0.2) is 0 Å². The van der Waals surface area contributed by atoms with E-state index in [0.29, 0.717) is 0 Å². The highest BCUT2D eigenvalue weighted by atomic mass is 32.2. The Bertz CT molecular complexity index is 3790. The van der Waals surface area contributed by atoms with Gasteiger partial charge in [-0.05, 0) is 117 Å². The maximum Gasteiger partial charge on any atom is 0.132 e. The van der Waals surface area contributed by atoms with E-state index in [0.717, 1.165) is 23.0 Å². The molecule has 0 radical (unpaired) electrons. The average Bonchev–Trinajstić information content (AvgIpc) is 3.75. The molecule has 0 N–H and O–H groups in total. The highest BCUT2D eigenvalue weighted by molar-refractivity contribution is 8.00. The van der Waals surface area contributed by atoms with Gasteiger partial charge < -0.3 is 14.3 Å². The lowest BCUT2D eigenvalue weighted by molar-refractivity contribution is -0.0980. The number of hydrogen-bond donors (Lipinski definition) is 0. The topological polar surface area (TPSA) is 35.5 Å². The summed E-state index contributed by atoms with van der Waals surface area (Å²) in [5.74, 6) is 4.06. The number of rotatable bonds is 8. The Morgan fingerprint density at radius 2 is 0.405 bits per heavy atom. The summed E-state index contributed by atoms with van der Waals surface area (Å²) in [6.07, 6.45) is 0. The van der Waals surface area contributed by atoms with Crippen LogP contribution >= 0.6 is 47.0 Å². The monoisotopic (exact) mass is 1150 g/mol. The fraction of sp³-hybridized carbons (Fsp3) is 0.0519. The summed E-state index contributed by atoms with van der Waals surface area (Å²) >= 11 is 7.35. The minimum Gasteiger partial charge on any atom is -0.457 e. The first-order valence-electron chi connectivity index (χ1n) is 28.1. The zero-order valence-corrected chi connectivity index (χ0v) is 48.9. The Morgan fingerprint density at radius 1 is 0.214 bits per heavy atom. The predicted molar refractivity (Wildman–Crippen MR) is 345 cm³/mol. The lowest BCUT2D eigenvalue weighted by Gasteiger charge is -2.32. The standard InChI is InChI=1S/2C38H26OS2.CH2O/c2*1-3-13-25(14-4-1)35-27-17-7-9-21-31(27)40-33-23-11-19-29(37(33)35)39-30-20-12-24-34-38(30)36(26-15-5-2-6-16-26)28-18-8-10-22-32(28)41-34;1-2/h2*1-24,35-36H;1H2. The van der Waals surface area contributed by atoms with Crippen LogP contribution in [0.1, 0.15) is 90.4 Å². The molecule has 0 aromatic heterocycles. The molecule has 0 amide bonds. The summed E-state index contributed by atoms with van der Waals surface area (Å²) in [7, 11) is 0. The summed E-state index contributed by atoms with van der Waals surface area (Å²) < 4.78 is 14.2. The molecule has 7 heteroatoms. The fourth-order valence-corrected chi connectivity index (χ4v) is 17.1. The molecule has 0 saturated heterocycles. The van der Waals surface area contributed by atoms with Crippen molar-refractivity contribution in [1.82, 2.24) is 0 Å². The average molecular weight is 1160 g/mol. The molecule has 0 aliphatic carbocycles. The van der Waals surface area contributed by atoms with Crippen molar-refractivity contribution >= 4 is 53.8 Å². The van der Waals surface area contributed by atoms with Crippen molar-refractivity contribution in [2.45, 2.75) is 62.8 Å². The van der Waals surface area contributed by atoms with Gasteiger partial charge in [-0.15, -0.1) is 0 Å². The van der Waals surface area contributed by atoms with Crippen molar-refractivity contribution in [2.24, 2.45) is 0 Å². The molecule has 3 nitrogen and oxygen atoms in total. The maximum atomic E-state index is 8.00. The van der Waals surface area contributed by atoms with E-state index in [1.54, 1.807) is 0 Å². The molecule has 84 heavy (non-hydrogen) atoms. The summed E-state index contributed by atoms with van der Waals surface area (Å²) in [6, 6.07) is 105. The Kier molecular flexibility index (Phi) is 15.2. The Balaban J connectivity index is 0.000000145. The van der Waals surface area contributed by atoms with Gasteiger partial charge in [0.1, 0.15) is 29.8 Å². The van der Waals surface area contributed by atoms with Crippen LogP contribution in [0.5, 0.6) is 23.0 Å². The molecule has 12 aromatic carbocycles. The smallest absolute Gasteiger partial charge is 0.132 e. The van der Waals surface area contributed by atoms with Crippen LogP contribution in [0.15, 0.2) is 330 Å². The molecule has 404 valence electrons. The Labute approximate surface area is 508 Å². The van der Waals surface area contributed by atoms with Crippen molar-refractivity contribution in [3.8, 4) is 23.0 Å². The molecule has 4 atom stereocenters. The van der Waals surface area contributed by atoms with E-state index in [1.165, 1.54) is 106 Å². The second-order valence-corrected chi connectivity index (χ2v) is 25.1. The minimum atomic E-state index is 0.0967. The first-order valence-corrected chi connectivity index (χ1v) is 31.4. The Morgan fingerprint density at radius 3 is 0.631 bits per heavy atom. The van der Waals surface area contributed by atoms with E-state index >= 15 is 0 Å². The third-order valence-electron chi connectivity index (χ3n) is 16.0. The molecule has 16 rings (SSSR count). The van der Waals surface area contributed by atoms with Crippen LogP contribution in [0, 0.1) is 0 Å². The fourth-order valence-electron chi connectivity index (χ4n) is 12.5. The van der Waals surface area contributed by atoms with Crippen LogP contribution in [0.2, 0.25) is 0 Å². The van der Waals surface area contributed by atoms with E-state index in [-0.39, 0.29) is 23.7 Å². The number of carbonyl (C=O) groups excluding carboxylic acids is 1. The van der Waals surface area contributed by atoms with Crippen molar-refractivity contribution < 1.29 is 14.3 Å². The molecule has 0 saturated carbocycles. The first-order chi connectivity index (χ1) is 41.7. The second kappa shape index (κ2) is 23.9. The van der Waals surface area contributed by atoms with Gasteiger partial charge in [-0.2, -0.15) is 0 Å². The van der Waals surface area contributed by atoms with Crippen molar-refractivity contribution in [3.63, 3.8) is 0 Å². The van der Waals surface area contributed by atoms with Crippen LogP contribution in [0.3, 0.4) is 0 Å². The maximum absolute atomic E-state index is 8.00. The third kappa shape index (κ3) is 10.0. The van der Waals surface area contributed by atoms with Crippen molar-refractivity contribution in [1.29, 1.82) is 0 Å². The van der Waals surface area contributed by atoms with Gasteiger partial charge in [0, 0.05) is 85.1 Å². The van der Waals surface area contributed by atoms with Gasteiger partial charge in [-0.3, -0.25) is 0 Å². The van der Waals surface area contributed by atoms with E-state index in [2.05, 4.69) is 291 Å². The van der Waals surface area contributed by atoms with Crippen LogP contribution in [0.25, 0.3) is 0 Å². The van der Waals surface area contributed by atoms with E-state index < -0.39 is 0 Å². The Hall–Kier alpha value is -8.69. The van der Waals surface area contributed by atoms with E-state index in [4.69, 9.17) is 14.3 Å². The normalized spacial score (nSPS) is 16.2. The molecule has 4 aliphatic heterocycles. The number of benzene rings is 12. The SMILES string of the molecule is C=O.c1ccc(C2c3ccccc3Sc3cccc(Oc4cccc5c4C(c4ccccc4)c4ccccc4S5)c32)cc1.c1ccc(C2c3ccccc3Sc3cccc(Oc4cccc5c4C(c4ccccc4)c4ccccc4S5)c32)cc1. The van der Waals surface area contributed by atoms with Crippen molar-refractivity contribution in [2.75, 3.05) is 0 Å². The molecule has 4 unspecified atom stereocenters. The van der Waals surface area contributed by atoms with E-state index in [1.807, 2.05) is 53.8 Å². The van der Waals surface area contributed by atoms with Crippen LogP contribution in [-0.4, -0.2) is 6.79 Å². The molecular weight excluding hydrogens is 1100 g/mol. The minimum absolute atomic E-state index is 0.0967. The lowest BCUT2D eigenvalue weighted by atomic mass is 9.83. The largest absolute Gasteiger partial charge is 0.457 e.